The minimum absolute atomic E-state index is 0.0262. The molecule has 2 saturated carbocycles. The van der Waals surface area contributed by atoms with Crippen LogP contribution in [-0.4, -0.2) is 92.3 Å². The van der Waals surface area contributed by atoms with Gasteiger partial charge in [0.15, 0.2) is 0 Å². The van der Waals surface area contributed by atoms with Crippen LogP contribution in [-0.2, 0) is 35.6 Å². The number of para-hydroxylation sites is 1. The van der Waals surface area contributed by atoms with Gasteiger partial charge in [0.1, 0.15) is 39.9 Å². The third-order valence-electron chi connectivity index (χ3n) is 12.9. The minimum atomic E-state index is -4.01. The first-order valence-electron chi connectivity index (χ1n) is 22.8. The fourth-order valence-electron chi connectivity index (χ4n) is 8.94. The summed E-state index contributed by atoms with van der Waals surface area (Å²) in [6.07, 6.45) is 7.30. The Kier molecular flexibility index (Phi) is 12.7. The number of amides is 4. The van der Waals surface area contributed by atoms with E-state index in [9.17, 15) is 27.6 Å². The van der Waals surface area contributed by atoms with Crippen LogP contribution in [0.2, 0.25) is 0 Å². The Labute approximate surface area is 385 Å². The van der Waals surface area contributed by atoms with Gasteiger partial charge in [0.2, 0.25) is 21.8 Å². The molecule has 1 saturated heterocycles. The molecular formula is C48H61N7O8S2. The number of hydrogen-bond acceptors (Lipinski definition) is 11. The lowest BCUT2D eigenvalue weighted by Crippen LogP contribution is -2.58. The van der Waals surface area contributed by atoms with Crippen molar-refractivity contribution >= 4 is 56.2 Å². The number of carbonyl (C=O) groups excluding carboxylic acids is 4. The topological polar surface area (TPSA) is 191 Å². The van der Waals surface area contributed by atoms with Crippen molar-refractivity contribution in [2.45, 2.75) is 153 Å². The van der Waals surface area contributed by atoms with Crippen LogP contribution in [0.4, 0.5) is 4.79 Å². The summed E-state index contributed by atoms with van der Waals surface area (Å²) in [6, 6.07) is 12.4. The van der Waals surface area contributed by atoms with Gasteiger partial charge in [-0.1, -0.05) is 60.9 Å². The first-order valence-corrected chi connectivity index (χ1v) is 25.2. The maximum atomic E-state index is 14.8. The molecule has 17 heteroatoms. The number of benzene rings is 2. The molecule has 3 fully saturated rings. The van der Waals surface area contributed by atoms with Crippen molar-refractivity contribution in [1.82, 2.24) is 34.8 Å². The molecule has 2 aliphatic carbocycles. The van der Waals surface area contributed by atoms with Crippen LogP contribution in [0.15, 0.2) is 60.0 Å². The smallest absolute Gasteiger partial charge is 0.408 e. The number of hydrogen-bond donors (Lipinski definition) is 3. The maximum Gasteiger partial charge on any atom is 0.408 e. The second kappa shape index (κ2) is 17.8. The van der Waals surface area contributed by atoms with Crippen LogP contribution in [0, 0.1) is 12.8 Å². The van der Waals surface area contributed by atoms with Crippen molar-refractivity contribution in [2.24, 2.45) is 5.92 Å². The summed E-state index contributed by atoms with van der Waals surface area (Å²) in [5.41, 5.74) is 3.36. The number of ether oxygens (including phenoxy) is 2. The van der Waals surface area contributed by atoms with Gasteiger partial charge in [-0.3, -0.25) is 23.7 Å². The number of fused-ring (bicyclic) bond motifs is 3. The summed E-state index contributed by atoms with van der Waals surface area (Å²) < 4.78 is 42.2. The Hall–Kier alpha value is -5.29. The summed E-state index contributed by atoms with van der Waals surface area (Å²) in [6.45, 7) is 12.9. The number of rotatable bonds is 10. The molecule has 8 rings (SSSR count). The van der Waals surface area contributed by atoms with Gasteiger partial charge in [-0.2, -0.15) is 4.98 Å². The maximum absolute atomic E-state index is 14.8. The monoisotopic (exact) mass is 927 g/mol. The lowest BCUT2D eigenvalue weighted by molar-refractivity contribution is -0.141. The molecule has 4 heterocycles. The Morgan fingerprint density at radius 1 is 1.06 bits per heavy atom. The molecule has 2 aromatic heterocycles. The number of aromatic nitrogens is 3. The minimum Gasteiger partial charge on any atom is -0.459 e. The molecule has 15 nitrogen and oxygen atoms in total. The Morgan fingerprint density at radius 3 is 2.55 bits per heavy atom. The van der Waals surface area contributed by atoms with Gasteiger partial charge in [0.05, 0.1) is 22.5 Å². The van der Waals surface area contributed by atoms with E-state index in [1.54, 1.807) is 39.0 Å². The highest BCUT2D eigenvalue weighted by Gasteiger charge is 2.63. The standard InChI is InChI=1S/C48H61N7O8S2/c1-29(2)55-37-20-14-18-35(41-49-33(28-64-41)24-31-16-13-15-30(3)23-31)39(37)51-44(55)62-34-25-38-40(56)52-48(43(58)53-65(60,61)47(7)21-22-47)26-32(48)17-11-9-8-10-12-19-36(42(57)54(38)27-34)50-45(59)63-46(4,5)6/h11,13-18,20,23,28-29,32,34,36,38H,8-10,12,19,21-22,24-27H2,1-7H3,(H,50,59)(H,52,56)(H,53,58)/t32-,34-,36+,38+,48-/m1/s1. The highest BCUT2D eigenvalue weighted by atomic mass is 32.2. The van der Waals surface area contributed by atoms with Gasteiger partial charge in [0.25, 0.3) is 11.9 Å². The SMILES string of the molecule is Cc1cccc(Cc2csc(-c3cccc4c3nc(O[C@@H]3C[C@H]5C(=O)N[C@]6(C(=O)NS(=O)(=O)C7(C)CC7)C[C@H]6C=CCCCCC[C@H](NC(=O)OC(C)(C)C)C(=O)N5C3)n4C(C)C)n2)c1. The van der Waals surface area contributed by atoms with Crippen LogP contribution in [0.1, 0.15) is 122 Å². The number of thiazole rings is 1. The van der Waals surface area contributed by atoms with Crippen LogP contribution < -0.4 is 20.1 Å². The van der Waals surface area contributed by atoms with Crippen molar-refractivity contribution in [1.29, 1.82) is 0 Å². The summed E-state index contributed by atoms with van der Waals surface area (Å²) in [4.78, 5) is 68.2. The zero-order valence-corrected chi connectivity index (χ0v) is 39.9. The fraction of sp³-hybridized carbons (Fsp3) is 0.542. The molecule has 3 N–H and O–H groups in total. The molecule has 4 amide bonds. The molecule has 0 unspecified atom stereocenters. The molecule has 65 heavy (non-hydrogen) atoms. The van der Waals surface area contributed by atoms with E-state index in [1.807, 2.05) is 48.8 Å². The predicted octanol–water partition coefficient (Wildman–Crippen LogP) is 7.28. The number of nitrogens with one attached hydrogen (secondary N) is 3. The van der Waals surface area contributed by atoms with E-state index in [0.717, 1.165) is 34.6 Å². The normalized spacial score (nSPS) is 24.6. The predicted molar refractivity (Wildman–Crippen MR) is 249 cm³/mol. The molecule has 2 aliphatic heterocycles. The van der Waals surface area contributed by atoms with E-state index in [1.165, 1.54) is 16.0 Å². The lowest BCUT2D eigenvalue weighted by Gasteiger charge is -2.30. The van der Waals surface area contributed by atoms with Crippen molar-refractivity contribution in [3.8, 4) is 16.6 Å². The number of alkyl carbamates (subject to hydrolysis) is 1. The number of nitrogens with zero attached hydrogens (tertiary/aromatic N) is 4. The zero-order valence-electron chi connectivity index (χ0n) is 38.3. The second-order valence-electron chi connectivity index (χ2n) is 19.7. The Morgan fingerprint density at radius 2 is 1.83 bits per heavy atom. The molecule has 348 valence electrons. The average molecular weight is 928 g/mol. The molecule has 0 radical (unpaired) electrons. The number of sulfonamides is 1. The van der Waals surface area contributed by atoms with E-state index >= 15 is 0 Å². The molecule has 0 spiro atoms. The average Bonchev–Trinajstić information content (AvgIpc) is 3.92. The van der Waals surface area contributed by atoms with E-state index in [-0.39, 0.29) is 25.4 Å². The van der Waals surface area contributed by atoms with Crippen molar-refractivity contribution < 1.29 is 37.1 Å². The summed E-state index contributed by atoms with van der Waals surface area (Å²) in [5.74, 6) is -2.36. The van der Waals surface area contributed by atoms with E-state index < -0.39 is 73.8 Å². The molecular weight excluding hydrogens is 867 g/mol. The highest BCUT2D eigenvalue weighted by Crippen LogP contribution is 2.48. The highest BCUT2D eigenvalue weighted by molar-refractivity contribution is 7.91. The molecule has 4 aliphatic rings. The van der Waals surface area contributed by atoms with Crippen molar-refractivity contribution in [3.63, 3.8) is 0 Å². The molecule has 5 atom stereocenters. The Balaban J connectivity index is 1.11. The molecule has 2 aromatic carbocycles. The lowest BCUT2D eigenvalue weighted by atomic mass is 10.0. The van der Waals surface area contributed by atoms with E-state index in [2.05, 4.69) is 51.9 Å². The third-order valence-corrected chi connectivity index (χ3v) is 16.0. The number of allylic oxidation sites excluding steroid dienone is 1. The van der Waals surface area contributed by atoms with Crippen molar-refractivity contribution in [3.05, 3.63) is 76.8 Å². The number of aryl methyl sites for hydroxylation is 1. The van der Waals surface area contributed by atoms with Gasteiger partial charge in [0, 0.05) is 35.7 Å². The van der Waals surface area contributed by atoms with E-state index in [0.29, 0.717) is 50.1 Å². The van der Waals surface area contributed by atoms with Crippen LogP contribution in [0.25, 0.3) is 21.6 Å². The number of carbonyl (C=O) groups is 4. The van der Waals surface area contributed by atoms with E-state index in [4.69, 9.17) is 19.4 Å². The zero-order chi connectivity index (χ0) is 46.5. The molecule has 0 bridgehead atoms. The van der Waals surface area contributed by atoms with Crippen LogP contribution in [0.5, 0.6) is 6.01 Å². The van der Waals surface area contributed by atoms with Crippen LogP contribution in [0.3, 0.4) is 0 Å². The summed E-state index contributed by atoms with van der Waals surface area (Å²) in [7, 11) is -4.01. The summed E-state index contributed by atoms with van der Waals surface area (Å²) >= 11 is 1.55. The van der Waals surface area contributed by atoms with Gasteiger partial charge >= 0.3 is 6.09 Å². The van der Waals surface area contributed by atoms with Crippen LogP contribution >= 0.6 is 11.3 Å². The largest absolute Gasteiger partial charge is 0.459 e. The Bertz CT molecular complexity index is 2630. The van der Waals surface area contributed by atoms with Gasteiger partial charge in [-0.25, -0.2) is 18.2 Å². The first kappa shape index (κ1) is 46.2. The quantitative estimate of drug-likeness (QED) is 0.136. The summed E-state index contributed by atoms with van der Waals surface area (Å²) in [5, 5.41) is 8.61. The molecule has 4 aromatic rings. The first-order chi connectivity index (χ1) is 30.8. The second-order valence-corrected chi connectivity index (χ2v) is 22.8. The van der Waals surface area contributed by atoms with Gasteiger partial charge in [-0.15, -0.1) is 11.3 Å². The third kappa shape index (κ3) is 9.96. The van der Waals surface area contributed by atoms with Gasteiger partial charge in [-0.05, 0) is 105 Å². The van der Waals surface area contributed by atoms with Gasteiger partial charge < -0.3 is 25.0 Å². The number of imidazole rings is 1. The van der Waals surface area contributed by atoms with Crippen molar-refractivity contribution in [2.75, 3.05) is 6.54 Å². The fourth-order valence-corrected chi connectivity index (χ4v) is 11.1.